The van der Waals surface area contributed by atoms with Gasteiger partial charge in [0.1, 0.15) is 0 Å². The summed E-state index contributed by atoms with van der Waals surface area (Å²) in [5.41, 5.74) is 0.851. The van der Waals surface area contributed by atoms with Gasteiger partial charge in [0, 0.05) is 49.7 Å². The summed E-state index contributed by atoms with van der Waals surface area (Å²) in [7, 11) is 0. The minimum absolute atomic E-state index is 0.0219. The summed E-state index contributed by atoms with van der Waals surface area (Å²) in [6, 6.07) is 5.16. The SMILES string of the molecule is CC(=O)N1CCN(C(=O)C(=O)NCCc2ccc(Cl)cc2Cl)CC1. The predicted octanol–water partition coefficient (Wildman–Crippen LogP) is 1.34. The highest BCUT2D eigenvalue weighted by Gasteiger charge is 2.26. The third kappa shape index (κ3) is 4.85. The molecule has 1 aliphatic heterocycles. The molecule has 0 atom stereocenters. The van der Waals surface area contributed by atoms with Crippen molar-refractivity contribution in [1.82, 2.24) is 15.1 Å². The quantitative estimate of drug-likeness (QED) is 0.815. The fraction of sp³-hybridized carbons (Fsp3) is 0.438. The molecule has 0 saturated carbocycles. The van der Waals surface area contributed by atoms with Crippen LogP contribution in [0.25, 0.3) is 0 Å². The van der Waals surface area contributed by atoms with Gasteiger partial charge in [0.2, 0.25) is 5.91 Å². The standard InChI is InChI=1S/C16H19Cl2N3O3/c1-11(22)20-6-8-21(9-7-20)16(24)15(23)19-5-4-12-2-3-13(17)10-14(12)18/h2-3,10H,4-9H2,1H3,(H,19,23). The van der Waals surface area contributed by atoms with Crippen LogP contribution >= 0.6 is 23.2 Å². The van der Waals surface area contributed by atoms with Crippen LogP contribution in [0.1, 0.15) is 12.5 Å². The second-order valence-electron chi connectivity index (χ2n) is 5.54. The van der Waals surface area contributed by atoms with Gasteiger partial charge in [-0.25, -0.2) is 0 Å². The molecule has 24 heavy (non-hydrogen) atoms. The molecule has 3 amide bonds. The van der Waals surface area contributed by atoms with Gasteiger partial charge in [-0.05, 0) is 24.1 Å². The number of carbonyl (C=O) groups excluding carboxylic acids is 3. The van der Waals surface area contributed by atoms with Crippen molar-refractivity contribution in [2.45, 2.75) is 13.3 Å². The number of benzene rings is 1. The summed E-state index contributed by atoms with van der Waals surface area (Å²) in [6.07, 6.45) is 0.507. The number of hydrogen-bond donors (Lipinski definition) is 1. The number of carbonyl (C=O) groups is 3. The van der Waals surface area contributed by atoms with Crippen LogP contribution in [-0.2, 0) is 20.8 Å². The Hall–Kier alpha value is -1.79. The Morgan fingerprint density at radius 3 is 2.29 bits per heavy atom. The zero-order chi connectivity index (χ0) is 17.7. The van der Waals surface area contributed by atoms with Gasteiger partial charge in [-0.1, -0.05) is 29.3 Å². The Balaban J connectivity index is 1.78. The maximum absolute atomic E-state index is 12.1. The monoisotopic (exact) mass is 371 g/mol. The maximum Gasteiger partial charge on any atom is 0.312 e. The van der Waals surface area contributed by atoms with Gasteiger partial charge < -0.3 is 15.1 Å². The summed E-state index contributed by atoms with van der Waals surface area (Å²) < 4.78 is 0. The molecule has 1 N–H and O–H groups in total. The van der Waals surface area contributed by atoms with E-state index < -0.39 is 11.8 Å². The average Bonchev–Trinajstić information content (AvgIpc) is 2.56. The Morgan fingerprint density at radius 1 is 1.08 bits per heavy atom. The Morgan fingerprint density at radius 2 is 1.71 bits per heavy atom. The smallest absolute Gasteiger partial charge is 0.312 e. The molecule has 130 valence electrons. The van der Waals surface area contributed by atoms with E-state index in [1.807, 2.05) is 0 Å². The second kappa shape index (κ2) is 8.35. The highest BCUT2D eigenvalue weighted by Crippen LogP contribution is 2.21. The van der Waals surface area contributed by atoms with Gasteiger partial charge in [0.05, 0.1) is 0 Å². The lowest BCUT2D eigenvalue weighted by Gasteiger charge is -2.33. The van der Waals surface area contributed by atoms with E-state index in [9.17, 15) is 14.4 Å². The van der Waals surface area contributed by atoms with Crippen molar-refractivity contribution in [2.24, 2.45) is 0 Å². The Kier molecular flexibility index (Phi) is 6.45. The first kappa shape index (κ1) is 18.5. The molecule has 0 radical (unpaired) electrons. The van der Waals surface area contributed by atoms with Crippen LogP contribution in [0.2, 0.25) is 10.0 Å². The summed E-state index contributed by atoms with van der Waals surface area (Å²) in [5.74, 6) is -1.23. The topological polar surface area (TPSA) is 69.7 Å². The molecule has 1 aromatic rings. The molecule has 2 rings (SSSR count). The Bertz CT molecular complexity index is 643. The van der Waals surface area contributed by atoms with Gasteiger partial charge >= 0.3 is 11.8 Å². The van der Waals surface area contributed by atoms with Crippen molar-refractivity contribution in [3.05, 3.63) is 33.8 Å². The average molecular weight is 372 g/mol. The van der Waals surface area contributed by atoms with Crippen LogP contribution in [-0.4, -0.2) is 60.2 Å². The van der Waals surface area contributed by atoms with Crippen molar-refractivity contribution >= 4 is 40.9 Å². The van der Waals surface area contributed by atoms with E-state index in [4.69, 9.17) is 23.2 Å². The number of amides is 3. The van der Waals surface area contributed by atoms with E-state index in [1.165, 1.54) is 11.8 Å². The molecular formula is C16H19Cl2N3O3. The summed E-state index contributed by atoms with van der Waals surface area (Å²) in [5, 5.41) is 3.68. The number of nitrogens with one attached hydrogen (secondary N) is 1. The zero-order valence-corrected chi connectivity index (χ0v) is 14.9. The van der Waals surface area contributed by atoms with Gasteiger partial charge in [-0.15, -0.1) is 0 Å². The highest BCUT2D eigenvalue weighted by atomic mass is 35.5. The highest BCUT2D eigenvalue weighted by molar-refractivity contribution is 6.35. The predicted molar refractivity (Wildman–Crippen MR) is 92.0 cm³/mol. The molecule has 0 spiro atoms. The third-order valence-electron chi connectivity index (χ3n) is 3.90. The van der Waals surface area contributed by atoms with E-state index in [1.54, 1.807) is 23.1 Å². The molecule has 0 bridgehead atoms. The van der Waals surface area contributed by atoms with E-state index >= 15 is 0 Å². The fourth-order valence-electron chi connectivity index (χ4n) is 2.48. The number of hydrogen-bond acceptors (Lipinski definition) is 3. The normalized spacial score (nSPS) is 14.5. The summed E-state index contributed by atoms with van der Waals surface area (Å²) >= 11 is 11.9. The number of nitrogens with zero attached hydrogens (tertiary/aromatic N) is 2. The first-order valence-corrected chi connectivity index (χ1v) is 8.40. The molecule has 8 heteroatoms. The molecule has 1 aliphatic rings. The van der Waals surface area contributed by atoms with E-state index in [-0.39, 0.29) is 5.91 Å². The first-order chi connectivity index (χ1) is 11.4. The minimum atomic E-state index is -0.642. The van der Waals surface area contributed by atoms with Crippen molar-refractivity contribution in [2.75, 3.05) is 32.7 Å². The van der Waals surface area contributed by atoms with Crippen LogP contribution in [0, 0.1) is 0 Å². The van der Waals surface area contributed by atoms with Gasteiger partial charge in [0.25, 0.3) is 0 Å². The summed E-state index contributed by atoms with van der Waals surface area (Å²) in [6.45, 7) is 3.44. The third-order valence-corrected chi connectivity index (χ3v) is 4.49. The fourth-order valence-corrected chi connectivity index (χ4v) is 2.98. The molecule has 1 fully saturated rings. The van der Waals surface area contributed by atoms with E-state index in [2.05, 4.69) is 5.32 Å². The number of piperazine rings is 1. The van der Waals surface area contributed by atoms with Crippen LogP contribution < -0.4 is 5.32 Å². The van der Waals surface area contributed by atoms with Gasteiger partial charge in [-0.2, -0.15) is 0 Å². The van der Waals surface area contributed by atoms with Crippen molar-refractivity contribution in [3.63, 3.8) is 0 Å². The van der Waals surface area contributed by atoms with Gasteiger partial charge in [-0.3, -0.25) is 14.4 Å². The van der Waals surface area contributed by atoms with Crippen LogP contribution in [0.4, 0.5) is 0 Å². The molecule has 1 heterocycles. The minimum Gasteiger partial charge on any atom is -0.347 e. The molecule has 6 nitrogen and oxygen atoms in total. The zero-order valence-electron chi connectivity index (χ0n) is 13.3. The van der Waals surface area contributed by atoms with Crippen molar-refractivity contribution in [1.29, 1.82) is 0 Å². The molecule has 0 aromatic heterocycles. The Labute approximate surface area is 150 Å². The maximum atomic E-state index is 12.1. The van der Waals surface area contributed by atoms with Crippen molar-refractivity contribution in [3.8, 4) is 0 Å². The molecule has 1 saturated heterocycles. The lowest BCUT2D eigenvalue weighted by atomic mass is 10.1. The van der Waals surface area contributed by atoms with Crippen LogP contribution in [0.5, 0.6) is 0 Å². The van der Waals surface area contributed by atoms with Crippen molar-refractivity contribution < 1.29 is 14.4 Å². The van der Waals surface area contributed by atoms with Crippen LogP contribution in [0.15, 0.2) is 18.2 Å². The number of halogens is 2. The molecule has 0 unspecified atom stereocenters. The largest absolute Gasteiger partial charge is 0.347 e. The molecule has 1 aromatic carbocycles. The first-order valence-electron chi connectivity index (χ1n) is 7.65. The van der Waals surface area contributed by atoms with Gasteiger partial charge in [0.15, 0.2) is 0 Å². The molecular weight excluding hydrogens is 353 g/mol. The second-order valence-corrected chi connectivity index (χ2v) is 6.38. The lowest BCUT2D eigenvalue weighted by Crippen LogP contribution is -2.53. The number of rotatable bonds is 3. The molecule has 0 aliphatic carbocycles. The summed E-state index contributed by atoms with van der Waals surface area (Å²) in [4.78, 5) is 38.4. The lowest BCUT2D eigenvalue weighted by molar-refractivity contribution is -0.148. The van der Waals surface area contributed by atoms with Crippen LogP contribution in [0.3, 0.4) is 0 Å². The van der Waals surface area contributed by atoms with E-state index in [0.717, 1.165) is 5.56 Å². The van der Waals surface area contributed by atoms with E-state index in [0.29, 0.717) is 49.2 Å².